The van der Waals surface area contributed by atoms with Crippen molar-refractivity contribution >= 4 is 12.0 Å². The molecule has 0 amide bonds. The number of aryl methyl sites for hydroxylation is 1. The molecule has 0 radical (unpaired) electrons. The van der Waals surface area contributed by atoms with Gasteiger partial charge in [-0.1, -0.05) is 41.5 Å². The van der Waals surface area contributed by atoms with Crippen LogP contribution in [0.2, 0.25) is 0 Å². The van der Waals surface area contributed by atoms with E-state index in [1.165, 1.54) is 17.7 Å². The molecular weight excluding hydrogens is 404 g/mol. The van der Waals surface area contributed by atoms with Crippen molar-refractivity contribution in [3.05, 3.63) is 64.3 Å². The van der Waals surface area contributed by atoms with E-state index in [1.54, 1.807) is 32.1 Å². The third-order valence-electron chi connectivity index (χ3n) is 5.28. The van der Waals surface area contributed by atoms with E-state index in [-0.39, 0.29) is 11.5 Å². The van der Waals surface area contributed by atoms with E-state index in [0.29, 0.717) is 42.4 Å². The monoisotopic (exact) mass is 442 g/mol. The van der Waals surface area contributed by atoms with Crippen molar-refractivity contribution in [3.8, 4) is 11.5 Å². The lowest BCUT2D eigenvalue weighted by Crippen LogP contribution is -2.19. The number of carboxylic acids is 1. The number of phenols is 2. The topological polar surface area (TPSA) is 98.0 Å². The average molecular weight is 443 g/mol. The summed E-state index contributed by atoms with van der Waals surface area (Å²) in [6.45, 7) is 9.42. The normalized spacial score (nSPS) is 14.4. The Morgan fingerprint density at radius 1 is 0.969 bits per heavy atom. The van der Waals surface area contributed by atoms with E-state index >= 15 is 0 Å². The second kappa shape index (κ2) is 12.9. The largest absolute Gasteiger partial charge is 0.508 e. The Hall–Kier alpha value is -2.79. The lowest BCUT2D eigenvalue weighted by Gasteiger charge is -2.18. The minimum absolute atomic E-state index is 0.0534. The van der Waals surface area contributed by atoms with Crippen molar-refractivity contribution < 1.29 is 25.2 Å². The third-order valence-corrected chi connectivity index (χ3v) is 5.28. The summed E-state index contributed by atoms with van der Waals surface area (Å²) in [4.78, 5) is 11.4. The number of hydrogen-bond acceptors (Lipinski definition) is 4. The molecule has 0 aliphatic heterocycles. The predicted molar refractivity (Wildman–Crippen MR) is 131 cm³/mol. The van der Waals surface area contributed by atoms with Gasteiger partial charge in [0.15, 0.2) is 0 Å². The maximum atomic E-state index is 11.4. The number of aliphatic hydroxyl groups is 1. The SMILES string of the molecule is CC(C)=CCCC(=CCCC(C)=CCCC(C)(O)C=Cc1cc(O)c(C)cc1O)C(=O)O. The quantitative estimate of drug-likeness (QED) is 0.170. The van der Waals surface area contributed by atoms with Crippen molar-refractivity contribution in [3.63, 3.8) is 0 Å². The second-order valence-corrected chi connectivity index (χ2v) is 8.87. The summed E-state index contributed by atoms with van der Waals surface area (Å²) in [5.41, 5.74) is 2.76. The summed E-state index contributed by atoms with van der Waals surface area (Å²) in [5, 5.41) is 39.7. The Kier molecular flexibility index (Phi) is 11.0. The molecule has 0 spiro atoms. The molecule has 1 rings (SSSR count). The molecule has 5 nitrogen and oxygen atoms in total. The first-order valence-electron chi connectivity index (χ1n) is 11.1. The van der Waals surface area contributed by atoms with Crippen LogP contribution in [-0.4, -0.2) is 32.0 Å². The molecule has 1 aromatic rings. The lowest BCUT2D eigenvalue weighted by molar-refractivity contribution is -0.132. The summed E-state index contributed by atoms with van der Waals surface area (Å²) in [7, 11) is 0. The Balaban J connectivity index is 2.58. The summed E-state index contributed by atoms with van der Waals surface area (Å²) < 4.78 is 0. The van der Waals surface area contributed by atoms with E-state index in [2.05, 4.69) is 6.08 Å². The molecule has 5 heteroatoms. The highest BCUT2D eigenvalue weighted by Crippen LogP contribution is 2.28. The van der Waals surface area contributed by atoms with Crippen molar-refractivity contribution in [2.45, 2.75) is 78.7 Å². The zero-order chi connectivity index (χ0) is 24.3. The fourth-order valence-corrected chi connectivity index (χ4v) is 3.18. The molecule has 0 aliphatic carbocycles. The van der Waals surface area contributed by atoms with Crippen LogP contribution in [0.25, 0.3) is 6.08 Å². The highest BCUT2D eigenvalue weighted by atomic mass is 16.4. The molecule has 4 N–H and O–H groups in total. The maximum absolute atomic E-state index is 11.4. The van der Waals surface area contributed by atoms with Crippen LogP contribution >= 0.6 is 0 Å². The van der Waals surface area contributed by atoms with Gasteiger partial charge in [0.1, 0.15) is 11.5 Å². The minimum atomic E-state index is -1.06. The second-order valence-electron chi connectivity index (χ2n) is 8.87. The minimum Gasteiger partial charge on any atom is -0.508 e. The van der Waals surface area contributed by atoms with Gasteiger partial charge in [0.2, 0.25) is 0 Å². The summed E-state index contributed by atoms with van der Waals surface area (Å²) in [6.07, 6.45) is 13.0. The molecule has 1 aromatic carbocycles. The van der Waals surface area contributed by atoms with Crippen LogP contribution in [0.3, 0.4) is 0 Å². The zero-order valence-electron chi connectivity index (χ0n) is 20.0. The highest BCUT2D eigenvalue weighted by Gasteiger charge is 2.15. The lowest BCUT2D eigenvalue weighted by atomic mass is 9.96. The Morgan fingerprint density at radius 2 is 1.62 bits per heavy atom. The summed E-state index contributed by atoms with van der Waals surface area (Å²) in [5.74, 6) is -0.708. The first-order valence-corrected chi connectivity index (χ1v) is 11.1. The number of carboxylic acid groups (broad SMARTS) is 1. The van der Waals surface area contributed by atoms with Crippen molar-refractivity contribution in [2.75, 3.05) is 0 Å². The van der Waals surface area contributed by atoms with Crippen LogP contribution in [0, 0.1) is 6.92 Å². The molecule has 0 fully saturated rings. The highest BCUT2D eigenvalue weighted by molar-refractivity contribution is 5.86. The number of benzene rings is 1. The molecule has 0 bridgehead atoms. The van der Waals surface area contributed by atoms with E-state index in [1.807, 2.05) is 26.8 Å². The van der Waals surface area contributed by atoms with Gasteiger partial charge in [-0.3, -0.25) is 0 Å². The van der Waals surface area contributed by atoms with Gasteiger partial charge in [0.25, 0.3) is 0 Å². The van der Waals surface area contributed by atoms with E-state index < -0.39 is 11.6 Å². The standard InChI is InChI=1S/C27H38O5/c1-19(2)9-6-12-22(26(30)31)13-7-10-20(3)11-8-15-27(5,32)16-14-23-18-24(28)21(4)17-25(23)29/h9,11,13-14,16-18,28-29,32H,6-8,10,12,15H2,1-5H3,(H,30,31). The van der Waals surface area contributed by atoms with Gasteiger partial charge in [-0.25, -0.2) is 4.79 Å². The van der Waals surface area contributed by atoms with Gasteiger partial charge in [-0.15, -0.1) is 0 Å². The van der Waals surface area contributed by atoms with Crippen molar-refractivity contribution in [1.29, 1.82) is 0 Å². The van der Waals surface area contributed by atoms with Crippen molar-refractivity contribution in [2.24, 2.45) is 0 Å². The number of aliphatic carboxylic acids is 1. The number of carbonyl (C=O) groups is 1. The van der Waals surface area contributed by atoms with Gasteiger partial charge in [-0.05, 0) is 90.8 Å². The molecule has 0 saturated carbocycles. The molecule has 0 heterocycles. The maximum Gasteiger partial charge on any atom is 0.331 e. The van der Waals surface area contributed by atoms with Crippen LogP contribution in [0.1, 0.15) is 77.3 Å². The fraction of sp³-hybridized carbons (Fsp3) is 0.444. The van der Waals surface area contributed by atoms with Crippen LogP contribution in [-0.2, 0) is 4.79 Å². The number of allylic oxidation sites excluding steroid dienone is 5. The smallest absolute Gasteiger partial charge is 0.331 e. The summed E-state index contributed by atoms with van der Waals surface area (Å²) in [6, 6.07) is 2.96. The Labute approximate surface area is 192 Å². The molecule has 1 unspecified atom stereocenters. The van der Waals surface area contributed by atoms with E-state index in [9.17, 15) is 25.2 Å². The number of aromatic hydroxyl groups is 2. The van der Waals surface area contributed by atoms with Gasteiger partial charge in [0.05, 0.1) is 5.60 Å². The third kappa shape index (κ3) is 10.5. The molecule has 176 valence electrons. The van der Waals surface area contributed by atoms with Gasteiger partial charge in [-0.2, -0.15) is 0 Å². The Bertz CT molecular complexity index is 897. The fourth-order valence-electron chi connectivity index (χ4n) is 3.18. The molecule has 1 atom stereocenters. The molecule has 0 saturated heterocycles. The average Bonchev–Trinajstić information content (AvgIpc) is 2.68. The van der Waals surface area contributed by atoms with Crippen LogP contribution in [0.15, 0.2) is 53.2 Å². The number of rotatable bonds is 12. The molecule has 0 aromatic heterocycles. The van der Waals surface area contributed by atoms with E-state index in [4.69, 9.17) is 0 Å². The Morgan fingerprint density at radius 3 is 2.25 bits per heavy atom. The van der Waals surface area contributed by atoms with Crippen LogP contribution < -0.4 is 0 Å². The molecular formula is C27H38O5. The van der Waals surface area contributed by atoms with E-state index in [0.717, 1.165) is 18.4 Å². The van der Waals surface area contributed by atoms with Gasteiger partial charge < -0.3 is 20.4 Å². The summed E-state index contributed by atoms with van der Waals surface area (Å²) >= 11 is 0. The van der Waals surface area contributed by atoms with Crippen LogP contribution in [0.4, 0.5) is 0 Å². The number of phenolic OH excluding ortho intramolecular Hbond substituents is 2. The molecule has 32 heavy (non-hydrogen) atoms. The van der Waals surface area contributed by atoms with Gasteiger partial charge in [0, 0.05) is 11.1 Å². The first-order chi connectivity index (χ1) is 14.9. The first kappa shape index (κ1) is 27.2. The van der Waals surface area contributed by atoms with Crippen molar-refractivity contribution in [1.82, 2.24) is 0 Å². The zero-order valence-corrected chi connectivity index (χ0v) is 20.0. The molecule has 0 aliphatic rings. The van der Waals surface area contributed by atoms with Crippen LogP contribution in [0.5, 0.6) is 11.5 Å². The van der Waals surface area contributed by atoms with Gasteiger partial charge >= 0.3 is 5.97 Å². The predicted octanol–water partition coefficient (Wildman–Crippen LogP) is 6.43. The number of hydrogen-bond donors (Lipinski definition) is 4.